The van der Waals surface area contributed by atoms with Crippen molar-refractivity contribution in [2.24, 2.45) is 0 Å². The number of nitrogens with zero attached hydrogens (tertiary/aromatic N) is 2. The number of carbonyl (C=O) groups excluding carboxylic acids is 1. The highest BCUT2D eigenvalue weighted by atomic mass is 16.5. The number of methoxy groups -OCH3 is 1. The van der Waals surface area contributed by atoms with Crippen LogP contribution in [-0.2, 0) is 18.4 Å². The Morgan fingerprint density at radius 1 is 0.972 bits per heavy atom. The molecule has 0 bridgehead atoms. The van der Waals surface area contributed by atoms with E-state index in [0.29, 0.717) is 30.9 Å². The van der Waals surface area contributed by atoms with E-state index in [0.717, 1.165) is 35.6 Å². The Labute approximate surface area is 213 Å². The lowest BCUT2D eigenvalue weighted by Crippen LogP contribution is -2.26. The van der Waals surface area contributed by atoms with Crippen LogP contribution < -0.4 is 14.8 Å². The van der Waals surface area contributed by atoms with E-state index in [4.69, 9.17) is 14.5 Å². The highest BCUT2D eigenvalue weighted by Gasteiger charge is 2.14. The molecule has 6 nitrogen and oxygen atoms in total. The number of amides is 1. The molecule has 0 saturated carbocycles. The molecule has 6 heteroatoms. The molecule has 0 aliphatic carbocycles. The third-order valence-corrected chi connectivity index (χ3v) is 6.21. The predicted octanol–water partition coefficient (Wildman–Crippen LogP) is 5.78. The van der Waals surface area contributed by atoms with Crippen molar-refractivity contribution in [3.63, 3.8) is 0 Å². The van der Waals surface area contributed by atoms with Crippen LogP contribution in [0.4, 0.5) is 0 Å². The van der Waals surface area contributed by atoms with Gasteiger partial charge in [-0.05, 0) is 59.9 Å². The molecular weight excluding hydrogens is 450 g/mol. The SMILES string of the molecule is COc1cccc(C(=O)NCCc2nc3ccccc3n2CCCOc2ccc(C(C)(C)C)cc2)c1. The van der Waals surface area contributed by atoms with Crippen LogP contribution in [0.5, 0.6) is 11.5 Å². The largest absolute Gasteiger partial charge is 0.497 e. The minimum Gasteiger partial charge on any atom is -0.497 e. The Morgan fingerprint density at radius 3 is 2.50 bits per heavy atom. The number of nitrogens with one attached hydrogen (secondary N) is 1. The summed E-state index contributed by atoms with van der Waals surface area (Å²) < 4.78 is 13.5. The number of carbonyl (C=O) groups is 1. The number of imidazole rings is 1. The predicted molar refractivity (Wildman–Crippen MR) is 144 cm³/mol. The van der Waals surface area contributed by atoms with E-state index in [9.17, 15) is 4.79 Å². The highest BCUT2D eigenvalue weighted by molar-refractivity contribution is 5.94. The normalized spacial score (nSPS) is 11.4. The molecule has 0 unspecified atom stereocenters. The number of fused-ring (bicyclic) bond motifs is 1. The zero-order valence-electron chi connectivity index (χ0n) is 21.6. The van der Waals surface area contributed by atoms with E-state index in [2.05, 4.69) is 48.9 Å². The first kappa shape index (κ1) is 25.3. The summed E-state index contributed by atoms with van der Waals surface area (Å²) in [5, 5.41) is 3.00. The Bertz CT molecular complexity index is 1300. The fraction of sp³-hybridized carbons (Fsp3) is 0.333. The average Bonchev–Trinajstić information content (AvgIpc) is 3.23. The lowest BCUT2D eigenvalue weighted by atomic mass is 9.87. The Kier molecular flexibility index (Phi) is 7.93. The number of ether oxygens (including phenoxy) is 2. The summed E-state index contributed by atoms with van der Waals surface area (Å²) in [6.45, 7) is 8.53. The van der Waals surface area contributed by atoms with Gasteiger partial charge in [-0.2, -0.15) is 0 Å². The Hall–Kier alpha value is -3.80. The average molecular weight is 486 g/mol. The molecule has 0 saturated heterocycles. The highest BCUT2D eigenvalue weighted by Crippen LogP contribution is 2.24. The number of rotatable bonds is 10. The molecule has 4 aromatic rings. The van der Waals surface area contributed by atoms with E-state index in [-0.39, 0.29) is 11.3 Å². The Balaban J connectivity index is 1.35. The van der Waals surface area contributed by atoms with Crippen molar-refractivity contribution in [3.05, 3.63) is 89.7 Å². The van der Waals surface area contributed by atoms with Gasteiger partial charge >= 0.3 is 0 Å². The van der Waals surface area contributed by atoms with Gasteiger partial charge in [0.1, 0.15) is 17.3 Å². The lowest BCUT2D eigenvalue weighted by Gasteiger charge is -2.19. The fourth-order valence-corrected chi connectivity index (χ4v) is 4.18. The summed E-state index contributed by atoms with van der Waals surface area (Å²) in [6.07, 6.45) is 1.49. The van der Waals surface area contributed by atoms with Gasteiger partial charge in [0.2, 0.25) is 0 Å². The molecule has 0 radical (unpaired) electrons. The van der Waals surface area contributed by atoms with E-state index in [1.165, 1.54) is 5.56 Å². The number of hydrogen-bond acceptors (Lipinski definition) is 4. The van der Waals surface area contributed by atoms with Crippen LogP contribution in [0.2, 0.25) is 0 Å². The zero-order chi connectivity index (χ0) is 25.5. The second-order valence-electron chi connectivity index (χ2n) is 9.88. The van der Waals surface area contributed by atoms with Gasteiger partial charge < -0.3 is 19.4 Å². The van der Waals surface area contributed by atoms with Crippen molar-refractivity contribution < 1.29 is 14.3 Å². The monoisotopic (exact) mass is 485 g/mol. The summed E-state index contributed by atoms with van der Waals surface area (Å²) in [4.78, 5) is 17.4. The van der Waals surface area contributed by atoms with Crippen LogP contribution in [0, 0.1) is 0 Å². The van der Waals surface area contributed by atoms with Gasteiger partial charge in [-0.3, -0.25) is 4.79 Å². The van der Waals surface area contributed by atoms with Gasteiger partial charge in [-0.25, -0.2) is 4.98 Å². The molecular formula is C30H35N3O3. The van der Waals surface area contributed by atoms with Gasteiger partial charge in [-0.1, -0.05) is 51.1 Å². The summed E-state index contributed by atoms with van der Waals surface area (Å²) in [7, 11) is 1.59. The van der Waals surface area contributed by atoms with Crippen molar-refractivity contribution in [3.8, 4) is 11.5 Å². The van der Waals surface area contributed by atoms with Crippen LogP contribution in [0.3, 0.4) is 0 Å². The minimum atomic E-state index is -0.123. The fourth-order valence-electron chi connectivity index (χ4n) is 4.18. The molecule has 0 fully saturated rings. The molecule has 1 heterocycles. The van der Waals surface area contributed by atoms with Crippen LogP contribution in [-0.4, -0.2) is 35.7 Å². The third-order valence-electron chi connectivity index (χ3n) is 6.21. The molecule has 4 rings (SSSR count). The van der Waals surface area contributed by atoms with Crippen LogP contribution >= 0.6 is 0 Å². The molecule has 1 aromatic heterocycles. The molecule has 3 aromatic carbocycles. The van der Waals surface area contributed by atoms with Gasteiger partial charge in [0, 0.05) is 25.1 Å². The number of benzene rings is 3. The molecule has 1 amide bonds. The summed E-state index contributed by atoms with van der Waals surface area (Å²) in [6, 6.07) is 23.7. The third kappa shape index (κ3) is 6.25. The second kappa shape index (κ2) is 11.3. The summed E-state index contributed by atoms with van der Waals surface area (Å²) in [5.74, 6) is 2.38. The van der Waals surface area contributed by atoms with Gasteiger partial charge in [0.05, 0.1) is 24.8 Å². The van der Waals surface area contributed by atoms with Crippen molar-refractivity contribution in [2.75, 3.05) is 20.3 Å². The first-order valence-electron chi connectivity index (χ1n) is 12.4. The molecule has 188 valence electrons. The molecule has 36 heavy (non-hydrogen) atoms. The molecule has 0 spiro atoms. The molecule has 1 N–H and O–H groups in total. The van der Waals surface area contributed by atoms with Crippen LogP contribution in [0.15, 0.2) is 72.8 Å². The van der Waals surface area contributed by atoms with Gasteiger partial charge in [0.15, 0.2) is 0 Å². The first-order valence-corrected chi connectivity index (χ1v) is 12.4. The number of aryl methyl sites for hydroxylation is 1. The standard InChI is InChI=1S/C30H35N3O3/c1-30(2,3)23-13-15-24(16-14-23)36-20-8-19-33-27-12-6-5-11-26(27)32-28(33)17-18-31-29(34)22-9-7-10-25(21-22)35-4/h5-7,9-16,21H,8,17-20H2,1-4H3,(H,31,34). The van der Waals surface area contributed by atoms with Crippen molar-refractivity contribution >= 4 is 16.9 Å². The maximum atomic E-state index is 12.6. The van der Waals surface area contributed by atoms with Crippen molar-refractivity contribution in [2.45, 2.75) is 45.6 Å². The number of aromatic nitrogens is 2. The van der Waals surface area contributed by atoms with E-state index >= 15 is 0 Å². The second-order valence-corrected chi connectivity index (χ2v) is 9.88. The summed E-state index contributed by atoms with van der Waals surface area (Å²) >= 11 is 0. The van der Waals surface area contributed by atoms with E-state index in [1.807, 2.05) is 42.5 Å². The number of para-hydroxylation sites is 2. The van der Waals surface area contributed by atoms with Gasteiger partial charge in [0.25, 0.3) is 5.91 Å². The molecule has 0 atom stereocenters. The maximum Gasteiger partial charge on any atom is 0.251 e. The Morgan fingerprint density at radius 2 is 1.75 bits per heavy atom. The molecule has 0 aliphatic heterocycles. The number of hydrogen-bond donors (Lipinski definition) is 1. The maximum absolute atomic E-state index is 12.6. The quantitative estimate of drug-likeness (QED) is 0.289. The first-order chi connectivity index (χ1) is 17.3. The zero-order valence-corrected chi connectivity index (χ0v) is 21.6. The molecule has 0 aliphatic rings. The minimum absolute atomic E-state index is 0.123. The van der Waals surface area contributed by atoms with E-state index < -0.39 is 0 Å². The van der Waals surface area contributed by atoms with Gasteiger partial charge in [-0.15, -0.1) is 0 Å². The van der Waals surface area contributed by atoms with Crippen LogP contribution in [0.25, 0.3) is 11.0 Å². The lowest BCUT2D eigenvalue weighted by molar-refractivity contribution is 0.0953. The topological polar surface area (TPSA) is 65.4 Å². The van der Waals surface area contributed by atoms with Crippen LogP contribution in [0.1, 0.15) is 48.9 Å². The van der Waals surface area contributed by atoms with E-state index in [1.54, 1.807) is 19.2 Å². The summed E-state index contributed by atoms with van der Waals surface area (Å²) in [5.41, 5.74) is 4.06. The van der Waals surface area contributed by atoms with Crippen molar-refractivity contribution in [1.82, 2.24) is 14.9 Å². The van der Waals surface area contributed by atoms with Crippen molar-refractivity contribution in [1.29, 1.82) is 0 Å². The smallest absolute Gasteiger partial charge is 0.251 e.